The van der Waals surface area contributed by atoms with Crippen molar-refractivity contribution in [3.63, 3.8) is 0 Å². The molecule has 2 aliphatic rings. The number of fused-ring (bicyclic) bond motifs is 2. The molecule has 0 spiro atoms. The van der Waals surface area contributed by atoms with Gasteiger partial charge in [0.2, 0.25) is 0 Å². The number of aromatic nitrogens is 3. The smallest absolute Gasteiger partial charge is 0.417 e. The van der Waals surface area contributed by atoms with E-state index >= 15 is 4.39 Å². The topological polar surface area (TPSA) is 86.5 Å². The molecule has 41 heavy (non-hydrogen) atoms. The number of carboxylic acids is 1. The number of ether oxygens (including phenoxy) is 2. The van der Waals surface area contributed by atoms with Crippen LogP contribution in [-0.2, 0) is 24.4 Å². The van der Waals surface area contributed by atoms with Crippen molar-refractivity contribution in [3.05, 3.63) is 82.4 Å². The molecule has 0 unspecified atom stereocenters. The summed E-state index contributed by atoms with van der Waals surface area (Å²) in [5.74, 6) is -0.189. The Hall–Kier alpha value is -4.41. The number of rotatable bonds is 6. The predicted octanol–water partition coefficient (Wildman–Crippen LogP) is 6.63. The lowest BCUT2D eigenvalue weighted by Crippen LogP contribution is -2.12. The van der Waals surface area contributed by atoms with Gasteiger partial charge in [-0.15, -0.1) is 0 Å². The van der Waals surface area contributed by atoms with Crippen molar-refractivity contribution < 1.29 is 36.9 Å². The molecule has 0 bridgehead atoms. The van der Waals surface area contributed by atoms with Crippen molar-refractivity contribution in [2.75, 3.05) is 6.61 Å². The standard InChI is InChI=1S/C30H25F4N3O4/c1-15-35-29(36-37(15)2)17-5-3-16(4-6-17)27-21-9-10-24(28(21)23(31)13-22(27)30(32,33)34)41-19-7-8-20-18(11-26(38)39)14-40-25(20)12-19/h3-8,12-13,18,24H,9-11,14H2,1-2H3,(H,38,39)/t18-,24-/m1/s1. The third-order valence-electron chi connectivity index (χ3n) is 7.69. The van der Waals surface area contributed by atoms with Crippen LogP contribution in [0.3, 0.4) is 0 Å². The van der Waals surface area contributed by atoms with Gasteiger partial charge in [-0.05, 0) is 48.6 Å². The van der Waals surface area contributed by atoms with Crippen LogP contribution in [0.25, 0.3) is 22.5 Å². The van der Waals surface area contributed by atoms with E-state index in [-0.39, 0.29) is 48.5 Å². The molecule has 2 heterocycles. The molecule has 0 radical (unpaired) electrons. The van der Waals surface area contributed by atoms with Crippen molar-refractivity contribution in [1.82, 2.24) is 14.8 Å². The number of halogens is 4. The molecule has 0 saturated carbocycles. The molecule has 212 valence electrons. The van der Waals surface area contributed by atoms with E-state index in [1.54, 1.807) is 61.1 Å². The molecule has 1 aromatic heterocycles. The summed E-state index contributed by atoms with van der Waals surface area (Å²) >= 11 is 0. The molecule has 2 atom stereocenters. The van der Waals surface area contributed by atoms with Crippen LogP contribution in [0.4, 0.5) is 17.6 Å². The molecule has 7 nitrogen and oxygen atoms in total. The number of carboxylic acid groups (broad SMARTS) is 1. The predicted molar refractivity (Wildman–Crippen MR) is 140 cm³/mol. The molecule has 4 aromatic rings. The second-order valence-corrected chi connectivity index (χ2v) is 10.3. The fourth-order valence-electron chi connectivity index (χ4n) is 5.66. The van der Waals surface area contributed by atoms with Crippen molar-refractivity contribution in [1.29, 1.82) is 0 Å². The number of aliphatic carboxylic acids is 1. The summed E-state index contributed by atoms with van der Waals surface area (Å²) < 4.78 is 71.3. The maximum Gasteiger partial charge on any atom is 0.417 e. The zero-order valence-corrected chi connectivity index (χ0v) is 22.1. The van der Waals surface area contributed by atoms with Crippen LogP contribution in [0.15, 0.2) is 48.5 Å². The van der Waals surface area contributed by atoms with E-state index < -0.39 is 29.6 Å². The minimum absolute atomic E-state index is 0.0643. The number of alkyl halides is 3. The molecule has 1 aliphatic heterocycles. The van der Waals surface area contributed by atoms with Gasteiger partial charge in [-0.2, -0.15) is 18.3 Å². The highest BCUT2D eigenvalue weighted by Gasteiger charge is 2.40. The van der Waals surface area contributed by atoms with Crippen LogP contribution in [0.1, 0.15) is 52.9 Å². The second-order valence-electron chi connectivity index (χ2n) is 10.3. The first kappa shape index (κ1) is 26.8. The van der Waals surface area contributed by atoms with E-state index in [1.165, 1.54) is 0 Å². The number of aryl methyl sites for hydroxylation is 2. The average molecular weight is 568 g/mol. The van der Waals surface area contributed by atoms with Gasteiger partial charge in [-0.1, -0.05) is 30.3 Å². The molecular formula is C30H25F4N3O4. The van der Waals surface area contributed by atoms with Gasteiger partial charge in [0.15, 0.2) is 5.82 Å². The molecule has 0 amide bonds. The van der Waals surface area contributed by atoms with Gasteiger partial charge in [-0.3, -0.25) is 9.48 Å². The Morgan fingerprint density at radius 2 is 1.88 bits per heavy atom. The summed E-state index contributed by atoms with van der Waals surface area (Å²) in [7, 11) is 1.75. The summed E-state index contributed by atoms with van der Waals surface area (Å²) in [5, 5.41) is 13.4. The third kappa shape index (κ3) is 4.89. The fourth-order valence-corrected chi connectivity index (χ4v) is 5.66. The minimum Gasteiger partial charge on any atom is -0.492 e. The molecule has 6 rings (SSSR count). The van der Waals surface area contributed by atoms with Crippen molar-refractivity contribution >= 4 is 5.97 Å². The Labute approximate surface area is 232 Å². The highest BCUT2D eigenvalue weighted by molar-refractivity contribution is 5.76. The molecule has 11 heteroatoms. The molecule has 1 aliphatic carbocycles. The fraction of sp³-hybridized carbons (Fsp3) is 0.300. The van der Waals surface area contributed by atoms with E-state index in [1.807, 2.05) is 0 Å². The van der Waals surface area contributed by atoms with E-state index in [9.17, 15) is 18.0 Å². The molecule has 3 aromatic carbocycles. The van der Waals surface area contributed by atoms with Crippen molar-refractivity contribution in [3.8, 4) is 34.0 Å². The first-order valence-corrected chi connectivity index (χ1v) is 13.1. The van der Waals surface area contributed by atoms with Crippen molar-refractivity contribution in [2.45, 2.75) is 44.4 Å². The van der Waals surface area contributed by atoms with Gasteiger partial charge in [0.05, 0.1) is 18.6 Å². The Morgan fingerprint density at radius 3 is 2.54 bits per heavy atom. The van der Waals surface area contributed by atoms with Crippen LogP contribution >= 0.6 is 0 Å². The quantitative estimate of drug-likeness (QED) is 0.263. The van der Waals surface area contributed by atoms with Gasteiger partial charge < -0.3 is 14.6 Å². The van der Waals surface area contributed by atoms with Crippen LogP contribution in [-0.4, -0.2) is 32.4 Å². The highest BCUT2D eigenvalue weighted by Crippen LogP contribution is 2.48. The van der Waals surface area contributed by atoms with E-state index in [4.69, 9.17) is 14.6 Å². The lowest BCUT2D eigenvalue weighted by Gasteiger charge is -2.21. The third-order valence-corrected chi connectivity index (χ3v) is 7.69. The van der Waals surface area contributed by atoms with Crippen molar-refractivity contribution in [2.24, 2.45) is 7.05 Å². The van der Waals surface area contributed by atoms with Gasteiger partial charge in [0, 0.05) is 35.7 Å². The normalized spacial score (nSPS) is 17.7. The summed E-state index contributed by atoms with van der Waals surface area (Å²) in [6.07, 6.45) is -5.17. The lowest BCUT2D eigenvalue weighted by molar-refractivity contribution is -0.138. The summed E-state index contributed by atoms with van der Waals surface area (Å²) in [5.41, 5.74) is 0.964. The highest BCUT2D eigenvalue weighted by atomic mass is 19.4. The van der Waals surface area contributed by atoms with E-state index in [0.29, 0.717) is 40.3 Å². The van der Waals surface area contributed by atoms with Gasteiger partial charge in [0.1, 0.15) is 29.2 Å². The first-order valence-electron chi connectivity index (χ1n) is 13.1. The number of nitrogens with zero attached hydrogens (tertiary/aromatic N) is 3. The largest absolute Gasteiger partial charge is 0.492 e. The number of benzene rings is 3. The number of carbonyl (C=O) groups is 1. The lowest BCUT2D eigenvalue weighted by atomic mass is 9.90. The molecular weight excluding hydrogens is 542 g/mol. The first-order chi connectivity index (χ1) is 19.5. The zero-order valence-electron chi connectivity index (χ0n) is 22.1. The Morgan fingerprint density at radius 1 is 1.15 bits per heavy atom. The molecule has 0 fully saturated rings. The average Bonchev–Trinajstić information content (AvgIpc) is 3.61. The van der Waals surface area contributed by atoms with Gasteiger partial charge in [-0.25, -0.2) is 9.37 Å². The van der Waals surface area contributed by atoms with Crippen LogP contribution in [0, 0.1) is 12.7 Å². The zero-order chi connectivity index (χ0) is 29.1. The number of hydrogen-bond acceptors (Lipinski definition) is 5. The summed E-state index contributed by atoms with van der Waals surface area (Å²) in [6.45, 7) is 2.02. The maximum absolute atomic E-state index is 15.4. The maximum atomic E-state index is 15.4. The van der Waals surface area contributed by atoms with Gasteiger partial charge >= 0.3 is 12.1 Å². The van der Waals surface area contributed by atoms with E-state index in [0.717, 1.165) is 5.56 Å². The van der Waals surface area contributed by atoms with Crippen LogP contribution in [0.2, 0.25) is 0 Å². The van der Waals surface area contributed by atoms with E-state index in [2.05, 4.69) is 10.1 Å². The second kappa shape index (κ2) is 9.90. The molecule has 0 saturated heterocycles. The SMILES string of the molecule is Cc1nc(-c2ccc(-c3c(C(F)(F)F)cc(F)c4c3CC[C@H]4Oc3ccc4c(c3)OC[C@H]4CC(=O)O)cc2)nn1C. The Balaban J connectivity index is 1.35. The molecule has 1 N–H and O–H groups in total. The van der Waals surface area contributed by atoms with Crippen LogP contribution < -0.4 is 9.47 Å². The van der Waals surface area contributed by atoms with Gasteiger partial charge in [0.25, 0.3) is 0 Å². The minimum atomic E-state index is -4.77. The Kier molecular flexibility index (Phi) is 6.47. The number of hydrogen-bond donors (Lipinski definition) is 1. The summed E-state index contributed by atoms with van der Waals surface area (Å²) in [6, 6.07) is 12.0. The monoisotopic (exact) mass is 567 g/mol. The Bertz CT molecular complexity index is 1640. The summed E-state index contributed by atoms with van der Waals surface area (Å²) in [4.78, 5) is 15.5. The van der Waals surface area contributed by atoms with Crippen LogP contribution in [0.5, 0.6) is 11.5 Å².